The summed E-state index contributed by atoms with van der Waals surface area (Å²) in [5, 5.41) is 10.2. The highest BCUT2D eigenvalue weighted by Crippen LogP contribution is 2.33. The number of aryl methyl sites for hydroxylation is 1. The summed E-state index contributed by atoms with van der Waals surface area (Å²) in [5.74, 6) is 0.616. The molecule has 0 radical (unpaired) electrons. The van der Waals surface area contributed by atoms with Gasteiger partial charge in [-0.3, -0.25) is 4.79 Å². The van der Waals surface area contributed by atoms with E-state index < -0.39 is 0 Å². The Morgan fingerprint density at radius 1 is 0.806 bits per heavy atom. The lowest BCUT2D eigenvalue weighted by Crippen LogP contribution is -2.50. The summed E-state index contributed by atoms with van der Waals surface area (Å²) >= 11 is 0. The molecule has 0 saturated carbocycles. The van der Waals surface area contributed by atoms with E-state index >= 15 is 0 Å². The summed E-state index contributed by atoms with van der Waals surface area (Å²) in [6, 6.07) is 4.04. The average molecular weight is 433 g/mol. The van der Waals surface area contributed by atoms with Crippen molar-refractivity contribution in [3.8, 4) is 5.75 Å². The van der Waals surface area contributed by atoms with Gasteiger partial charge in [-0.25, -0.2) is 0 Å². The normalized spacial score (nSPS) is 12.8. The van der Waals surface area contributed by atoms with Gasteiger partial charge in [0.05, 0.1) is 31.7 Å². The van der Waals surface area contributed by atoms with Crippen LogP contribution in [0.3, 0.4) is 0 Å². The first-order valence-corrected chi connectivity index (χ1v) is 13.1. The quantitative estimate of drug-likeness (QED) is 0.190. The molecule has 31 heavy (non-hydrogen) atoms. The lowest BCUT2D eigenvalue weighted by Gasteiger charge is -2.39. The van der Waals surface area contributed by atoms with Gasteiger partial charge in [-0.1, -0.05) is 65.9 Å². The highest BCUT2D eigenvalue weighted by Gasteiger charge is 2.26. The SMILES string of the molecule is CCCCC(CCC[N+](CCCC)(CCCC)CCCC)c1cc(C)c(O)c(C=O)c1. The van der Waals surface area contributed by atoms with Crippen molar-refractivity contribution in [3.05, 3.63) is 28.8 Å². The Morgan fingerprint density at radius 3 is 1.77 bits per heavy atom. The van der Waals surface area contributed by atoms with Gasteiger partial charge in [-0.05, 0) is 68.6 Å². The van der Waals surface area contributed by atoms with Crippen LogP contribution in [0.1, 0.15) is 126 Å². The number of hydrogen-bond acceptors (Lipinski definition) is 2. The Hall–Kier alpha value is -1.35. The highest BCUT2D eigenvalue weighted by molar-refractivity contribution is 5.80. The molecule has 0 amide bonds. The molecule has 0 spiro atoms. The maximum Gasteiger partial charge on any atom is 0.153 e. The molecular formula is C28H50NO2+. The molecule has 0 bridgehead atoms. The summed E-state index contributed by atoms with van der Waals surface area (Å²) in [7, 11) is 0. The lowest BCUT2D eigenvalue weighted by atomic mass is 9.87. The van der Waals surface area contributed by atoms with E-state index in [1.54, 1.807) is 0 Å². The molecule has 1 N–H and O–H groups in total. The van der Waals surface area contributed by atoms with Gasteiger partial charge in [0.2, 0.25) is 0 Å². The van der Waals surface area contributed by atoms with Crippen molar-refractivity contribution in [2.75, 3.05) is 26.2 Å². The zero-order chi connectivity index (χ0) is 23.1. The minimum Gasteiger partial charge on any atom is -0.507 e. The predicted molar refractivity (Wildman–Crippen MR) is 134 cm³/mol. The Labute approximate surface area is 192 Å². The minimum absolute atomic E-state index is 0.141. The van der Waals surface area contributed by atoms with Crippen LogP contribution in [0, 0.1) is 6.92 Å². The first-order chi connectivity index (χ1) is 15.0. The number of quaternary nitrogens is 1. The summed E-state index contributed by atoms with van der Waals surface area (Å²) in [6.45, 7) is 16.3. The molecule has 0 aliphatic rings. The van der Waals surface area contributed by atoms with Gasteiger partial charge in [0.25, 0.3) is 0 Å². The number of rotatable bonds is 18. The number of benzene rings is 1. The topological polar surface area (TPSA) is 37.3 Å². The number of carbonyl (C=O) groups is 1. The summed E-state index contributed by atoms with van der Waals surface area (Å²) < 4.78 is 1.30. The molecular weight excluding hydrogens is 382 g/mol. The van der Waals surface area contributed by atoms with Crippen LogP contribution >= 0.6 is 0 Å². The Bertz CT molecular complexity index is 604. The number of unbranched alkanes of at least 4 members (excludes halogenated alkanes) is 4. The third-order valence-electron chi connectivity index (χ3n) is 7.00. The summed E-state index contributed by atoms with van der Waals surface area (Å²) in [4.78, 5) is 11.5. The van der Waals surface area contributed by atoms with Crippen molar-refractivity contribution < 1.29 is 14.4 Å². The fraction of sp³-hybridized carbons (Fsp3) is 0.750. The van der Waals surface area contributed by atoms with Gasteiger partial charge in [0.1, 0.15) is 5.75 Å². The van der Waals surface area contributed by atoms with Gasteiger partial charge in [-0.15, -0.1) is 0 Å². The van der Waals surface area contributed by atoms with Crippen molar-refractivity contribution >= 4 is 6.29 Å². The zero-order valence-corrected chi connectivity index (χ0v) is 21.2. The fourth-order valence-electron chi connectivity index (χ4n) is 4.91. The van der Waals surface area contributed by atoms with Crippen LogP contribution in [-0.2, 0) is 0 Å². The highest BCUT2D eigenvalue weighted by atomic mass is 16.3. The monoisotopic (exact) mass is 432 g/mol. The molecule has 178 valence electrons. The van der Waals surface area contributed by atoms with E-state index in [1.165, 1.54) is 100 Å². The lowest BCUT2D eigenvalue weighted by molar-refractivity contribution is -0.929. The van der Waals surface area contributed by atoms with Crippen LogP contribution in [0.5, 0.6) is 5.75 Å². The van der Waals surface area contributed by atoms with Crippen LogP contribution < -0.4 is 0 Å². The van der Waals surface area contributed by atoms with E-state index in [0.29, 0.717) is 11.5 Å². The number of hydrogen-bond donors (Lipinski definition) is 1. The van der Waals surface area contributed by atoms with Crippen LogP contribution in [-0.4, -0.2) is 42.1 Å². The molecule has 1 rings (SSSR count). The van der Waals surface area contributed by atoms with E-state index in [4.69, 9.17) is 0 Å². The van der Waals surface area contributed by atoms with Crippen molar-refractivity contribution in [3.63, 3.8) is 0 Å². The van der Waals surface area contributed by atoms with Gasteiger partial charge < -0.3 is 9.59 Å². The first kappa shape index (κ1) is 27.7. The summed E-state index contributed by atoms with van der Waals surface area (Å²) in [6.07, 6.45) is 14.6. The second-order valence-electron chi connectivity index (χ2n) is 9.67. The standard InChI is InChI=1S/C28H49NO2/c1-6-10-15-25(26-21-24(5)28(31)27(22-26)23-30)16-14-20-29(17-11-7-2,18-12-8-3)19-13-9-4/h21-23,25H,6-20H2,1-5H3/p+1. The molecule has 0 saturated heterocycles. The maximum atomic E-state index is 11.5. The first-order valence-electron chi connectivity index (χ1n) is 13.1. The number of phenols is 1. The molecule has 3 nitrogen and oxygen atoms in total. The van der Waals surface area contributed by atoms with E-state index in [1.807, 2.05) is 13.0 Å². The molecule has 0 aliphatic carbocycles. The van der Waals surface area contributed by atoms with Crippen LogP contribution in [0.25, 0.3) is 0 Å². The van der Waals surface area contributed by atoms with Crippen molar-refractivity contribution in [1.82, 2.24) is 0 Å². The number of nitrogens with zero attached hydrogens (tertiary/aromatic N) is 1. The van der Waals surface area contributed by atoms with E-state index in [9.17, 15) is 9.90 Å². The third-order valence-corrected chi connectivity index (χ3v) is 7.00. The number of carbonyl (C=O) groups excluding carboxylic acids is 1. The maximum absolute atomic E-state index is 11.5. The molecule has 0 aromatic heterocycles. The average Bonchev–Trinajstić information content (AvgIpc) is 2.78. The Balaban J connectivity index is 2.98. The van der Waals surface area contributed by atoms with Gasteiger partial charge in [0, 0.05) is 0 Å². The van der Waals surface area contributed by atoms with E-state index in [2.05, 4.69) is 33.8 Å². The Morgan fingerprint density at radius 2 is 1.29 bits per heavy atom. The largest absolute Gasteiger partial charge is 0.507 e. The molecule has 1 unspecified atom stereocenters. The molecule has 3 heteroatoms. The minimum atomic E-state index is 0.141. The third kappa shape index (κ3) is 9.35. The molecule has 0 fully saturated rings. The molecule has 1 aromatic carbocycles. The molecule has 1 aromatic rings. The van der Waals surface area contributed by atoms with Crippen molar-refractivity contribution in [2.45, 2.75) is 111 Å². The molecule has 1 atom stereocenters. The predicted octanol–water partition coefficient (Wildman–Crippen LogP) is 7.78. The van der Waals surface area contributed by atoms with Gasteiger partial charge in [0.15, 0.2) is 6.29 Å². The second kappa shape index (κ2) is 15.5. The van der Waals surface area contributed by atoms with Crippen LogP contribution in [0.15, 0.2) is 12.1 Å². The van der Waals surface area contributed by atoms with Crippen LogP contribution in [0.2, 0.25) is 0 Å². The van der Waals surface area contributed by atoms with Crippen LogP contribution in [0.4, 0.5) is 0 Å². The van der Waals surface area contributed by atoms with Crippen molar-refractivity contribution in [1.29, 1.82) is 0 Å². The smallest absolute Gasteiger partial charge is 0.153 e. The fourth-order valence-corrected chi connectivity index (χ4v) is 4.91. The second-order valence-corrected chi connectivity index (χ2v) is 9.67. The molecule has 0 heterocycles. The van der Waals surface area contributed by atoms with E-state index in [-0.39, 0.29) is 5.75 Å². The Kier molecular flexibility index (Phi) is 13.8. The summed E-state index contributed by atoms with van der Waals surface area (Å²) in [5.41, 5.74) is 2.50. The van der Waals surface area contributed by atoms with Gasteiger partial charge >= 0.3 is 0 Å². The number of phenolic OH excluding ortho intramolecular Hbond substituents is 1. The number of aldehydes is 1. The van der Waals surface area contributed by atoms with Crippen molar-refractivity contribution in [2.24, 2.45) is 0 Å². The molecule has 0 aliphatic heterocycles. The van der Waals surface area contributed by atoms with Gasteiger partial charge in [-0.2, -0.15) is 0 Å². The zero-order valence-electron chi connectivity index (χ0n) is 21.2. The van der Waals surface area contributed by atoms with E-state index in [0.717, 1.165) is 18.3 Å². The number of aromatic hydroxyl groups is 1.